The number of nitrogens with one attached hydrogen (secondary N) is 2. The van der Waals surface area contributed by atoms with Gasteiger partial charge in [0.2, 0.25) is 5.91 Å². The lowest BCUT2D eigenvalue weighted by atomic mass is 10.1. The summed E-state index contributed by atoms with van der Waals surface area (Å²) in [5.41, 5.74) is 2.14. The van der Waals surface area contributed by atoms with Crippen molar-refractivity contribution < 1.29 is 9.59 Å². The van der Waals surface area contributed by atoms with Crippen LogP contribution in [0.25, 0.3) is 0 Å². The van der Waals surface area contributed by atoms with Crippen LogP contribution in [-0.4, -0.2) is 30.7 Å². The minimum atomic E-state index is -0.178. The molecular weight excluding hydrogens is 356 g/mol. The highest BCUT2D eigenvalue weighted by Gasteiger charge is 2.07. The number of hydrogen-bond donors (Lipinski definition) is 2. The van der Waals surface area contributed by atoms with Crippen LogP contribution in [0, 0.1) is 11.8 Å². The summed E-state index contributed by atoms with van der Waals surface area (Å²) in [7, 11) is 1.58. The Balaban J connectivity index is 1.87. The molecular formula is C22H24N2O2S. The lowest BCUT2D eigenvalue weighted by molar-refractivity contribution is -0.120. The van der Waals surface area contributed by atoms with E-state index in [1.165, 1.54) is 4.90 Å². The molecule has 5 heteroatoms. The summed E-state index contributed by atoms with van der Waals surface area (Å²) in [4.78, 5) is 25.1. The standard InChI is InChI=1S/C22H24N2O2S/c1-16(2)27-19-12-10-17(11-13-19)15-21(25)24-14-6-8-18-7-4-5-9-20(18)22(26)23-3/h4-5,7,9-13,16H,14-15H2,1-3H3,(H,23,26)(H,24,25). The molecule has 2 amide bonds. The first-order valence-electron chi connectivity index (χ1n) is 8.82. The molecule has 2 aromatic rings. The predicted molar refractivity (Wildman–Crippen MR) is 111 cm³/mol. The summed E-state index contributed by atoms with van der Waals surface area (Å²) < 4.78 is 0. The van der Waals surface area contributed by atoms with Gasteiger partial charge in [-0.2, -0.15) is 0 Å². The quantitative estimate of drug-likeness (QED) is 0.597. The van der Waals surface area contributed by atoms with Crippen molar-refractivity contribution in [1.82, 2.24) is 10.6 Å². The van der Waals surface area contributed by atoms with Crippen LogP contribution in [0.5, 0.6) is 0 Å². The summed E-state index contributed by atoms with van der Waals surface area (Å²) in [6.07, 6.45) is 0.323. The van der Waals surface area contributed by atoms with E-state index < -0.39 is 0 Å². The van der Waals surface area contributed by atoms with E-state index in [9.17, 15) is 9.59 Å². The fourth-order valence-electron chi connectivity index (χ4n) is 2.41. The van der Waals surface area contributed by atoms with Crippen LogP contribution in [0.4, 0.5) is 0 Å². The zero-order chi connectivity index (χ0) is 19.6. The third-order valence-corrected chi connectivity index (χ3v) is 4.67. The number of thioether (sulfide) groups is 1. The number of carbonyl (C=O) groups excluding carboxylic acids is 2. The molecule has 0 spiro atoms. The Morgan fingerprint density at radius 2 is 1.78 bits per heavy atom. The molecule has 0 unspecified atom stereocenters. The summed E-state index contributed by atoms with van der Waals surface area (Å²) in [5, 5.41) is 5.92. The van der Waals surface area contributed by atoms with E-state index in [0.29, 0.717) is 22.8 Å². The van der Waals surface area contributed by atoms with Gasteiger partial charge in [0.1, 0.15) is 0 Å². The van der Waals surface area contributed by atoms with E-state index in [0.717, 1.165) is 5.56 Å². The van der Waals surface area contributed by atoms with Crippen LogP contribution in [0.15, 0.2) is 53.4 Å². The van der Waals surface area contributed by atoms with E-state index in [1.807, 2.05) is 30.3 Å². The average molecular weight is 381 g/mol. The highest BCUT2D eigenvalue weighted by atomic mass is 32.2. The maximum atomic E-state index is 12.1. The summed E-state index contributed by atoms with van der Waals surface area (Å²) in [6, 6.07) is 15.2. The van der Waals surface area contributed by atoms with Crippen molar-refractivity contribution in [2.24, 2.45) is 0 Å². The summed E-state index contributed by atoms with van der Waals surface area (Å²) in [5.74, 6) is 5.59. The van der Waals surface area contributed by atoms with Crippen LogP contribution in [-0.2, 0) is 11.2 Å². The summed E-state index contributed by atoms with van der Waals surface area (Å²) in [6.45, 7) is 4.54. The van der Waals surface area contributed by atoms with Crippen LogP contribution in [0.2, 0.25) is 0 Å². The van der Waals surface area contributed by atoms with Gasteiger partial charge in [-0.3, -0.25) is 9.59 Å². The van der Waals surface area contributed by atoms with Crippen molar-refractivity contribution in [2.45, 2.75) is 30.4 Å². The smallest absolute Gasteiger partial charge is 0.252 e. The Morgan fingerprint density at radius 1 is 1.07 bits per heavy atom. The normalized spacial score (nSPS) is 10.1. The number of amides is 2. The highest BCUT2D eigenvalue weighted by molar-refractivity contribution is 7.99. The molecule has 0 radical (unpaired) electrons. The van der Waals surface area contributed by atoms with Gasteiger partial charge in [-0.1, -0.05) is 50.0 Å². The molecule has 0 saturated carbocycles. The minimum absolute atomic E-state index is 0.0758. The number of carbonyl (C=O) groups is 2. The van der Waals surface area contributed by atoms with E-state index in [1.54, 1.807) is 37.0 Å². The van der Waals surface area contributed by atoms with E-state index in [-0.39, 0.29) is 18.4 Å². The zero-order valence-corrected chi connectivity index (χ0v) is 16.7. The van der Waals surface area contributed by atoms with Gasteiger partial charge in [-0.15, -0.1) is 11.8 Å². The van der Waals surface area contributed by atoms with Gasteiger partial charge < -0.3 is 10.6 Å². The molecule has 0 fully saturated rings. The molecule has 0 saturated heterocycles. The third-order valence-electron chi connectivity index (χ3n) is 3.66. The van der Waals surface area contributed by atoms with Crippen molar-refractivity contribution in [3.63, 3.8) is 0 Å². The fourth-order valence-corrected chi connectivity index (χ4v) is 3.25. The summed E-state index contributed by atoms with van der Waals surface area (Å²) >= 11 is 1.80. The monoisotopic (exact) mass is 380 g/mol. The van der Waals surface area contributed by atoms with Crippen molar-refractivity contribution in [2.75, 3.05) is 13.6 Å². The zero-order valence-electron chi connectivity index (χ0n) is 15.8. The van der Waals surface area contributed by atoms with Crippen molar-refractivity contribution in [3.05, 3.63) is 65.2 Å². The molecule has 0 atom stereocenters. The molecule has 0 aliphatic rings. The van der Waals surface area contributed by atoms with Gasteiger partial charge in [0.25, 0.3) is 5.91 Å². The second-order valence-electron chi connectivity index (χ2n) is 6.19. The van der Waals surface area contributed by atoms with E-state index in [4.69, 9.17) is 0 Å². The molecule has 0 aliphatic carbocycles. The second kappa shape index (κ2) is 10.4. The van der Waals surface area contributed by atoms with Gasteiger partial charge in [0, 0.05) is 22.8 Å². The SMILES string of the molecule is CNC(=O)c1ccccc1C#CCNC(=O)Cc1ccc(SC(C)C)cc1. The first kappa shape index (κ1) is 20.6. The van der Waals surface area contributed by atoms with Crippen LogP contribution in [0.1, 0.15) is 35.3 Å². The molecule has 2 rings (SSSR count). The Bertz CT molecular complexity index is 849. The number of rotatable bonds is 6. The fraction of sp³-hybridized carbons (Fsp3) is 0.273. The van der Waals surface area contributed by atoms with Gasteiger partial charge in [0.15, 0.2) is 0 Å². The molecule has 2 aromatic carbocycles. The second-order valence-corrected chi connectivity index (χ2v) is 7.84. The molecule has 4 nitrogen and oxygen atoms in total. The first-order chi connectivity index (χ1) is 13.0. The van der Waals surface area contributed by atoms with Crippen LogP contribution >= 0.6 is 11.8 Å². The average Bonchev–Trinajstić information content (AvgIpc) is 2.66. The van der Waals surface area contributed by atoms with E-state index >= 15 is 0 Å². The molecule has 0 aliphatic heterocycles. The molecule has 0 aromatic heterocycles. The van der Waals surface area contributed by atoms with Gasteiger partial charge >= 0.3 is 0 Å². The van der Waals surface area contributed by atoms with Crippen LogP contribution < -0.4 is 10.6 Å². The van der Waals surface area contributed by atoms with Gasteiger partial charge in [0.05, 0.1) is 18.5 Å². The van der Waals surface area contributed by atoms with Crippen molar-refractivity contribution in [1.29, 1.82) is 0 Å². The number of benzene rings is 2. The maximum Gasteiger partial charge on any atom is 0.252 e. The molecule has 0 heterocycles. The Kier molecular flexibility index (Phi) is 7.97. The molecule has 0 bridgehead atoms. The van der Waals surface area contributed by atoms with Crippen molar-refractivity contribution >= 4 is 23.6 Å². The van der Waals surface area contributed by atoms with Crippen molar-refractivity contribution in [3.8, 4) is 11.8 Å². The number of hydrogen-bond acceptors (Lipinski definition) is 3. The Morgan fingerprint density at radius 3 is 2.44 bits per heavy atom. The largest absolute Gasteiger partial charge is 0.355 e. The lowest BCUT2D eigenvalue weighted by Crippen LogP contribution is -2.25. The lowest BCUT2D eigenvalue weighted by Gasteiger charge is -2.06. The third kappa shape index (κ3) is 6.84. The maximum absolute atomic E-state index is 12.1. The topological polar surface area (TPSA) is 58.2 Å². The molecule has 2 N–H and O–H groups in total. The first-order valence-corrected chi connectivity index (χ1v) is 9.70. The van der Waals surface area contributed by atoms with E-state index in [2.05, 4.69) is 36.3 Å². The minimum Gasteiger partial charge on any atom is -0.355 e. The Hall–Kier alpha value is -2.71. The molecule has 140 valence electrons. The van der Waals surface area contributed by atoms with Gasteiger partial charge in [-0.05, 0) is 29.8 Å². The Labute approximate surface area is 165 Å². The highest BCUT2D eigenvalue weighted by Crippen LogP contribution is 2.22. The van der Waals surface area contributed by atoms with Gasteiger partial charge in [-0.25, -0.2) is 0 Å². The molecule has 27 heavy (non-hydrogen) atoms. The predicted octanol–water partition coefficient (Wildman–Crippen LogP) is 3.26. The van der Waals surface area contributed by atoms with Crippen LogP contribution in [0.3, 0.4) is 0 Å².